The molecular weight excluding hydrogens is 266 g/mol. The predicted molar refractivity (Wildman–Crippen MR) is 80.1 cm³/mol. The van der Waals surface area contributed by atoms with Crippen molar-refractivity contribution in [2.24, 2.45) is 5.92 Å². The molecule has 3 rings (SSSR count). The summed E-state index contributed by atoms with van der Waals surface area (Å²) in [5, 5.41) is 10.4. The summed E-state index contributed by atoms with van der Waals surface area (Å²) in [4.78, 5) is 19.0. The molecule has 1 aliphatic carbocycles. The Morgan fingerprint density at radius 1 is 1.29 bits per heavy atom. The first-order valence-corrected chi connectivity index (χ1v) is 8.20. The highest BCUT2D eigenvalue weighted by Gasteiger charge is 2.29. The molecule has 0 unspecified atom stereocenters. The van der Waals surface area contributed by atoms with Crippen molar-refractivity contribution in [3.05, 3.63) is 11.6 Å². The van der Waals surface area contributed by atoms with E-state index in [0.717, 1.165) is 64.1 Å². The molecule has 0 aromatic carbocycles. The standard InChI is InChI=1S/C15H25N5O/c1-2-9-20(10-11-5-7-16-8-6-11)15(21)14-17-13(18-19-14)12-3-4-12/h11-12,16H,2-10H2,1H3,(H,17,18,19). The highest BCUT2D eigenvalue weighted by molar-refractivity contribution is 5.90. The minimum atomic E-state index is -0.0152. The fourth-order valence-electron chi connectivity index (χ4n) is 2.97. The van der Waals surface area contributed by atoms with Crippen LogP contribution < -0.4 is 5.32 Å². The Balaban J connectivity index is 1.64. The number of hydrogen-bond acceptors (Lipinski definition) is 4. The Bertz CT molecular complexity index is 476. The zero-order chi connectivity index (χ0) is 14.7. The Morgan fingerprint density at radius 3 is 2.71 bits per heavy atom. The lowest BCUT2D eigenvalue weighted by atomic mass is 9.97. The number of amides is 1. The number of nitrogens with one attached hydrogen (secondary N) is 2. The van der Waals surface area contributed by atoms with Crippen molar-refractivity contribution in [3.8, 4) is 0 Å². The van der Waals surface area contributed by atoms with Gasteiger partial charge in [-0.05, 0) is 51.1 Å². The van der Waals surface area contributed by atoms with E-state index in [1.807, 2.05) is 4.90 Å². The minimum Gasteiger partial charge on any atom is -0.336 e. The number of H-pyrrole nitrogens is 1. The molecule has 21 heavy (non-hydrogen) atoms. The first-order valence-electron chi connectivity index (χ1n) is 8.20. The van der Waals surface area contributed by atoms with Crippen molar-refractivity contribution >= 4 is 5.91 Å². The van der Waals surface area contributed by atoms with Crippen LogP contribution in [0.2, 0.25) is 0 Å². The molecule has 2 fully saturated rings. The van der Waals surface area contributed by atoms with Crippen LogP contribution in [-0.2, 0) is 0 Å². The van der Waals surface area contributed by atoms with E-state index in [9.17, 15) is 4.79 Å². The summed E-state index contributed by atoms with van der Waals surface area (Å²) in [6, 6.07) is 0. The molecule has 2 N–H and O–H groups in total. The van der Waals surface area contributed by atoms with E-state index in [4.69, 9.17) is 0 Å². The first kappa shape index (κ1) is 14.5. The largest absolute Gasteiger partial charge is 0.336 e. The van der Waals surface area contributed by atoms with Crippen LogP contribution in [0.1, 0.15) is 61.4 Å². The summed E-state index contributed by atoms with van der Waals surface area (Å²) >= 11 is 0. The number of hydrogen-bond donors (Lipinski definition) is 2. The third-order valence-electron chi connectivity index (χ3n) is 4.38. The van der Waals surface area contributed by atoms with E-state index in [-0.39, 0.29) is 5.91 Å². The molecule has 1 saturated heterocycles. The number of piperidine rings is 1. The summed E-state index contributed by atoms with van der Waals surface area (Å²) in [5.41, 5.74) is 0. The molecule has 0 bridgehead atoms. The fraction of sp³-hybridized carbons (Fsp3) is 0.800. The van der Waals surface area contributed by atoms with Crippen LogP contribution in [0.15, 0.2) is 0 Å². The molecule has 1 amide bonds. The second kappa shape index (κ2) is 6.56. The molecule has 2 heterocycles. The van der Waals surface area contributed by atoms with Gasteiger partial charge in [-0.3, -0.25) is 9.89 Å². The monoisotopic (exact) mass is 291 g/mol. The van der Waals surface area contributed by atoms with Gasteiger partial charge in [0, 0.05) is 19.0 Å². The number of aromatic nitrogens is 3. The SMILES string of the molecule is CCCN(CC1CCNCC1)C(=O)c1n[nH]c(C2CC2)n1. The van der Waals surface area contributed by atoms with Crippen LogP contribution in [-0.4, -0.2) is 52.2 Å². The minimum absolute atomic E-state index is 0.0152. The lowest BCUT2D eigenvalue weighted by molar-refractivity contribution is 0.0704. The molecule has 0 spiro atoms. The van der Waals surface area contributed by atoms with E-state index >= 15 is 0 Å². The van der Waals surface area contributed by atoms with Gasteiger partial charge in [0.05, 0.1) is 0 Å². The molecular formula is C15H25N5O. The van der Waals surface area contributed by atoms with Crippen LogP contribution in [0.25, 0.3) is 0 Å². The lowest BCUT2D eigenvalue weighted by Gasteiger charge is -2.29. The van der Waals surface area contributed by atoms with Crippen LogP contribution in [0, 0.1) is 5.92 Å². The number of carbonyl (C=O) groups excluding carboxylic acids is 1. The van der Waals surface area contributed by atoms with Gasteiger partial charge in [-0.1, -0.05) is 6.92 Å². The normalized spacial score (nSPS) is 19.7. The van der Waals surface area contributed by atoms with E-state index in [1.165, 1.54) is 0 Å². The van der Waals surface area contributed by atoms with Gasteiger partial charge >= 0.3 is 0 Å². The van der Waals surface area contributed by atoms with Crippen molar-refractivity contribution in [2.75, 3.05) is 26.2 Å². The van der Waals surface area contributed by atoms with E-state index < -0.39 is 0 Å². The maximum absolute atomic E-state index is 12.6. The lowest BCUT2D eigenvalue weighted by Crippen LogP contribution is -2.40. The van der Waals surface area contributed by atoms with Gasteiger partial charge in [-0.2, -0.15) is 0 Å². The number of nitrogens with zero attached hydrogens (tertiary/aromatic N) is 3. The third-order valence-corrected chi connectivity index (χ3v) is 4.38. The molecule has 6 nitrogen and oxygen atoms in total. The topological polar surface area (TPSA) is 73.9 Å². The zero-order valence-electron chi connectivity index (χ0n) is 12.8. The van der Waals surface area contributed by atoms with Gasteiger partial charge in [-0.25, -0.2) is 4.98 Å². The van der Waals surface area contributed by atoms with Gasteiger partial charge < -0.3 is 10.2 Å². The summed E-state index contributed by atoms with van der Waals surface area (Å²) in [6.07, 6.45) is 5.59. The van der Waals surface area contributed by atoms with Gasteiger partial charge in [-0.15, -0.1) is 5.10 Å². The maximum Gasteiger partial charge on any atom is 0.293 e. The van der Waals surface area contributed by atoms with Gasteiger partial charge in [0.1, 0.15) is 5.82 Å². The highest BCUT2D eigenvalue weighted by atomic mass is 16.2. The number of carbonyl (C=O) groups is 1. The molecule has 0 atom stereocenters. The van der Waals surface area contributed by atoms with Gasteiger partial charge in [0.25, 0.3) is 5.91 Å². The van der Waals surface area contributed by atoms with Crippen LogP contribution in [0.5, 0.6) is 0 Å². The maximum atomic E-state index is 12.6. The number of rotatable bonds is 6. The van der Waals surface area contributed by atoms with Crippen LogP contribution in [0.4, 0.5) is 0 Å². The van der Waals surface area contributed by atoms with Crippen LogP contribution >= 0.6 is 0 Å². The molecule has 1 aromatic heterocycles. The zero-order valence-corrected chi connectivity index (χ0v) is 12.8. The van der Waals surface area contributed by atoms with E-state index in [1.54, 1.807) is 0 Å². The van der Waals surface area contributed by atoms with Crippen molar-refractivity contribution in [1.29, 1.82) is 0 Å². The quantitative estimate of drug-likeness (QED) is 0.833. The molecule has 1 aliphatic heterocycles. The van der Waals surface area contributed by atoms with Gasteiger partial charge in [0.2, 0.25) is 5.82 Å². The van der Waals surface area contributed by atoms with Crippen molar-refractivity contribution in [1.82, 2.24) is 25.4 Å². The Morgan fingerprint density at radius 2 is 2.05 bits per heavy atom. The average Bonchev–Trinajstić information content (AvgIpc) is 3.25. The molecule has 0 radical (unpaired) electrons. The van der Waals surface area contributed by atoms with Crippen LogP contribution in [0.3, 0.4) is 0 Å². The Labute approximate surface area is 125 Å². The third kappa shape index (κ3) is 3.61. The summed E-state index contributed by atoms with van der Waals surface area (Å²) < 4.78 is 0. The van der Waals surface area contributed by atoms with Gasteiger partial charge in [0.15, 0.2) is 0 Å². The predicted octanol–water partition coefficient (Wildman–Crippen LogP) is 1.53. The average molecular weight is 291 g/mol. The number of aromatic amines is 1. The highest BCUT2D eigenvalue weighted by Crippen LogP contribution is 2.37. The smallest absolute Gasteiger partial charge is 0.293 e. The van der Waals surface area contributed by atoms with E-state index in [2.05, 4.69) is 27.4 Å². The first-order chi connectivity index (χ1) is 10.3. The molecule has 6 heteroatoms. The molecule has 1 aromatic rings. The van der Waals surface area contributed by atoms with Crippen molar-refractivity contribution in [2.45, 2.75) is 44.9 Å². The summed E-state index contributed by atoms with van der Waals surface area (Å²) in [6.45, 7) is 5.85. The fourth-order valence-corrected chi connectivity index (χ4v) is 2.97. The molecule has 1 saturated carbocycles. The molecule has 116 valence electrons. The summed E-state index contributed by atoms with van der Waals surface area (Å²) in [5.74, 6) is 2.32. The second-order valence-corrected chi connectivity index (χ2v) is 6.26. The Kier molecular flexibility index (Phi) is 4.53. The second-order valence-electron chi connectivity index (χ2n) is 6.26. The molecule has 2 aliphatic rings. The van der Waals surface area contributed by atoms with Crippen molar-refractivity contribution < 1.29 is 4.79 Å². The van der Waals surface area contributed by atoms with E-state index in [0.29, 0.717) is 17.7 Å². The summed E-state index contributed by atoms with van der Waals surface area (Å²) in [7, 11) is 0. The Hall–Kier alpha value is -1.43. The van der Waals surface area contributed by atoms with Crippen molar-refractivity contribution in [3.63, 3.8) is 0 Å².